The smallest absolute Gasteiger partial charge is 0.308 e. The molecule has 1 aromatic rings. The molecule has 21 heavy (non-hydrogen) atoms. The zero-order valence-corrected chi connectivity index (χ0v) is 12.6. The van der Waals surface area contributed by atoms with Gasteiger partial charge in [0.25, 0.3) is 5.91 Å². The molecule has 2 atom stereocenters. The van der Waals surface area contributed by atoms with E-state index in [1.165, 1.54) is 19.4 Å². The second-order valence-corrected chi connectivity index (χ2v) is 5.54. The third-order valence-corrected chi connectivity index (χ3v) is 4.01. The zero-order chi connectivity index (χ0) is 15.6. The molecular formula is C14H17ClN2O4. The van der Waals surface area contributed by atoms with Gasteiger partial charge in [-0.3, -0.25) is 9.59 Å². The minimum atomic E-state index is -0.870. The average Bonchev–Trinajstić information content (AvgIpc) is 2.46. The van der Waals surface area contributed by atoms with Crippen LogP contribution in [0.2, 0.25) is 5.02 Å². The van der Waals surface area contributed by atoms with Crippen LogP contribution >= 0.6 is 11.6 Å². The predicted octanol–water partition coefficient (Wildman–Crippen LogP) is 2.07. The summed E-state index contributed by atoms with van der Waals surface area (Å²) in [6.45, 7) is 2.12. The van der Waals surface area contributed by atoms with E-state index in [0.29, 0.717) is 18.4 Å². The Kier molecular flexibility index (Phi) is 4.67. The number of hydrogen-bond acceptors (Lipinski definition) is 4. The van der Waals surface area contributed by atoms with Crippen molar-refractivity contribution in [3.8, 4) is 5.88 Å². The number of nitrogens with zero attached hydrogens (tertiary/aromatic N) is 2. The topological polar surface area (TPSA) is 79.7 Å². The molecule has 0 radical (unpaired) electrons. The first kappa shape index (κ1) is 15.6. The number of carboxylic acids is 1. The van der Waals surface area contributed by atoms with Crippen molar-refractivity contribution in [3.63, 3.8) is 0 Å². The van der Waals surface area contributed by atoms with E-state index in [9.17, 15) is 9.59 Å². The van der Waals surface area contributed by atoms with Crippen molar-refractivity contribution in [2.75, 3.05) is 13.7 Å². The number of hydrogen-bond donors (Lipinski definition) is 1. The highest BCUT2D eigenvalue weighted by molar-refractivity contribution is 6.32. The summed E-state index contributed by atoms with van der Waals surface area (Å²) < 4.78 is 4.95. The van der Waals surface area contributed by atoms with Gasteiger partial charge in [-0.15, -0.1) is 0 Å². The summed E-state index contributed by atoms with van der Waals surface area (Å²) in [5, 5.41) is 9.37. The fourth-order valence-corrected chi connectivity index (χ4v) is 2.69. The molecule has 0 saturated carbocycles. The number of piperidine rings is 1. The second-order valence-electron chi connectivity index (χ2n) is 5.13. The summed E-state index contributed by atoms with van der Waals surface area (Å²) in [5.74, 6) is -1.40. The number of carboxylic acid groups (broad SMARTS) is 1. The van der Waals surface area contributed by atoms with Gasteiger partial charge < -0.3 is 14.7 Å². The Labute approximate surface area is 127 Å². The molecule has 0 bridgehead atoms. The average molecular weight is 313 g/mol. The summed E-state index contributed by atoms with van der Waals surface area (Å²) in [7, 11) is 1.44. The fourth-order valence-electron chi connectivity index (χ4n) is 2.45. The number of ether oxygens (including phenoxy) is 1. The molecule has 6 nitrogen and oxygen atoms in total. The number of halogens is 1. The Bertz CT molecular complexity index is 564. The molecule has 0 unspecified atom stereocenters. The van der Waals surface area contributed by atoms with Crippen molar-refractivity contribution in [2.24, 2.45) is 5.92 Å². The van der Waals surface area contributed by atoms with Gasteiger partial charge in [0.1, 0.15) is 5.02 Å². The molecular weight excluding hydrogens is 296 g/mol. The van der Waals surface area contributed by atoms with Crippen LogP contribution in [0.15, 0.2) is 12.3 Å². The zero-order valence-electron chi connectivity index (χ0n) is 11.9. The Morgan fingerprint density at radius 3 is 2.76 bits per heavy atom. The van der Waals surface area contributed by atoms with Gasteiger partial charge >= 0.3 is 5.97 Å². The van der Waals surface area contributed by atoms with Gasteiger partial charge in [-0.2, -0.15) is 0 Å². The van der Waals surface area contributed by atoms with Gasteiger partial charge in [-0.25, -0.2) is 4.98 Å². The van der Waals surface area contributed by atoms with E-state index in [4.69, 9.17) is 21.4 Å². The van der Waals surface area contributed by atoms with Crippen molar-refractivity contribution in [2.45, 2.75) is 25.8 Å². The Balaban J connectivity index is 2.21. The summed E-state index contributed by atoms with van der Waals surface area (Å²) in [6.07, 6.45) is 2.64. The second kappa shape index (κ2) is 6.30. The first-order valence-electron chi connectivity index (χ1n) is 6.67. The quantitative estimate of drug-likeness (QED) is 0.924. The van der Waals surface area contributed by atoms with Crippen LogP contribution in [0.25, 0.3) is 0 Å². The maximum Gasteiger partial charge on any atom is 0.308 e. The molecule has 2 heterocycles. The lowest BCUT2D eigenvalue weighted by Gasteiger charge is -2.36. The number of amides is 1. The van der Waals surface area contributed by atoms with E-state index < -0.39 is 11.9 Å². The third kappa shape index (κ3) is 3.26. The molecule has 0 aromatic carbocycles. The first-order chi connectivity index (χ1) is 9.93. The number of aromatic nitrogens is 1. The molecule has 7 heteroatoms. The van der Waals surface area contributed by atoms with Crippen LogP contribution in [-0.4, -0.2) is 46.6 Å². The van der Waals surface area contributed by atoms with Crippen LogP contribution in [0.4, 0.5) is 0 Å². The SMILES string of the molecule is COc1ncc(C(=O)N2C[C@H](C(=O)O)CC[C@@H]2C)cc1Cl. The maximum absolute atomic E-state index is 12.5. The first-order valence-corrected chi connectivity index (χ1v) is 7.05. The molecule has 0 spiro atoms. The summed E-state index contributed by atoms with van der Waals surface area (Å²) in [6, 6.07) is 1.49. The van der Waals surface area contributed by atoms with Crippen LogP contribution in [0.3, 0.4) is 0 Å². The number of carbonyl (C=O) groups excluding carboxylic acids is 1. The van der Waals surface area contributed by atoms with Crippen molar-refractivity contribution in [1.29, 1.82) is 0 Å². The highest BCUT2D eigenvalue weighted by Crippen LogP contribution is 2.26. The summed E-state index contributed by atoms with van der Waals surface area (Å²) in [5.41, 5.74) is 0.332. The molecule has 114 valence electrons. The van der Waals surface area contributed by atoms with Crippen molar-refractivity contribution >= 4 is 23.5 Å². The lowest BCUT2D eigenvalue weighted by molar-refractivity contribution is -0.143. The lowest BCUT2D eigenvalue weighted by atomic mass is 9.93. The van der Waals surface area contributed by atoms with E-state index in [1.807, 2.05) is 6.92 Å². The van der Waals surface area contributed by atoms with E-state index >= 15 is 0 Å². The molecule has 1 saturated heterocycles. The Morgan fingerprint density at radius 2 is 2.19 bits per heavy atom. The van der Waals surface area contributed by atoms with E-state index in [0.717, 1.165) is 0 Å². The molecule has 1 fully saturated rings. The monoisotopic (exact) mass is 312 g/mol. The number of pyridine rings is 1. The lowest BCUT2D eigenvalue weighted by Crippen LogP contribution is -2.47. The number of aliphatic carboxylic acids is 1. The minimum absolute atomic E-state index is 0.00558. The minimum Gasteiger partial charge on any atom is -0.481 e. The predicted molar refractivity (Wildman–Crippen MR) is 76.7 cm³/mol. The Hall–Kier alpha value is -1.82. The molecule has 1 aliphatic rings. The van der Waals surface area contributed by atoms with Gasteiger partial charge in [-0.1, -0.05) is 11.6 Å². The largest absolute Gasteiger partial charge is 0.481 e. The summed E-state index contributed by atoms with van der Waals surface area (Å²) >= 11 is 5.98. The van der Waals surface area contributed by atoms with Crippen LogP contribution < -0.4 is 4.74 Å². The van der Waals surface area contributed by atoms with Crippen molar-refractivity contribution in [1.82, 2.24) is 9.88 Å². The van der Waals surface area contributed by atoms with Gasteiger partial charge in [0.2, 0.25) is 5.88 Å². The van der Waals surface area contributed by atoms with Crippen LogP contribution in [0.5, 0.6) is 5.88 Å². The van der Waals surface area contributed by atoms with Gasteiger partial charge in [0.05, 0.1) is 18.6 Å². The van der Waals surface area contributed by atoms with Crippen molar-refractivity contribution in [3.05, 3.63) is 22.8 Å². The highest BCUT2D eigenvalue weighted by Gasteiger charge is 2.33. The molecule has 1 amide bonds. The molecule has 2 rings (SSSR count). The van der Waals surface area contributed by atoms with E-state index in [2.05, 4.69) is 4.98 Å². The van der Waals surface area contributed by atoms with Gasteiger partial charge in [0, 0.05) is 18.8 Å². The fraction of sp³-hybridized carbons (Fsp3) is 0.500. The normalized spacial score (nSPS) is 22.0. The molecule has 0 aliphatic carbocycles. The number of rotatable bonds is 3. The summed E-state index contributed by atoms with van der Waals surface area (Å²) in [4.78, 5) is 29.2. The standard InChI is InChI=1S/C14H17ClN2O4/c1-8-3-4-9(14(19)20)7-17(8)13(18)10-5-11(15)12(21-2)16-6-10/h5-6,8-9H,3-4,7H2,1-2H3,(H,19,20)/t8-,9+/m0/s1. The van der Waals surface area contributed by atoms with Crippen LogP contribution in [0, 0.1) is 5.92 Å². The number of likely N-dealkylation sites (tertiary alicyclic amines) is 1. The molecule has 1 aromatic heterocycles. The molecule has 1 aliphatic heterocycles. The van der Waals surface area contributed by atoms with E-state index in [-0.39, 0.29) is 29.4 Å². The number of methoxy groups -OCH3 is 1. The van der Waals surface area contributed by atoms with Gasteiger partial charge in [0.15, 0.2) is 0 Å². The third-order valence-electron chi connectivity index (χ3n) is 3.74. The number of carbonyl (C=O) groups is 2. The molecule has 1 N–H and O–H groups in total. The van der Waals surface area contributed by atoms with Crippen molar-refractivity contribution < 1.29 is 19.4 Å². The van der Waals surface area contributed by atoms with E-state index in [1.54, 1.807) is 4.90 Å². The van der Waals surface area contributed by atoms with Crippen LogP contribution in [0.1, 0.15) is 30.1 Å². The van der Waals surface area contributed by atoms with Crippen LogP contribution in [-0.2, 0) is 4.79 Å². The highest BCUT2D eigenvalue weighted by atomic mass is 35.5. The maximum atomic E-state index is 12.5. The van der Waals surface area contributed by atoms with Gasteiger partial charge in [-0.05, 0) is 25.8 Å². The Morgan fingerprint density at radius 1 is 1.48 bits per heavy atom.